The third-order valence-corrected chi connectivity index (χ3v) is 4.67. The number of carbonyl (C=O) groups is 1. The van der Waals surface area contributed by atoms with E-state index in [0.717, 1.165) is 32.7 Å². The van der Waals surface area contributed by atoms with Crippen molar-refractivity contribution in [3.05, 3.63) is 71.6 Å². The minimum atomic E-state index is -0.430. The van der Waals surface area contributed by atoms with Crippen molar-refractivity contribution in [2.75, 3.05) is 33.3 Å². The van der Waals surface area contributed by atoms with Gasteiger partial charge in [-0.2, -0.15) is 0 Å². The van der Waals surface area contributed by atoms with E-state index in [1.807, 2.05) is 11.0 Å². The van der Waals surface area contributed by atoms with Crippen LogP contribution in [-0.4, -0.2) is 44.1 Å². The van der Waals surface area contributed by atoms with Crippen LogP contribution in [0.25, 0.3) is 6.08 Å². The molecule has 0 unspecified atom stereocenters. The van der Waals surface area contributed by atoms with Gasteiger partial charge in [-0.25, -0.2) is 4.39 Å². The lowest BCUT2D eigenvalue weighted by Gasteiger charge is -2.31. The van der Waals surface area contributed by atoms with Gasteiger partial charge in [-0.05, 0) is 23.8 Å². The Balaban J connectivity index is 1.51. The molecule has 26 heavy (non-hydrogen) atoms. The summed E-state index contributed by atoms with van der Waals surface area (Å²) in [5, 5.41) is 0. The van der Waals surface area contributed by atoms with E-state index in [1.54, 1.807) is 18.2 Å². The van der Waals surface area contributed by atoms with E-state index in [4.69, 9.17) is 4.74 Å². The zero-order chi connectivity index (χ0) is 18.4. The zero-order valence-electron chi connectivity index (χ0n) is 15.0. The van der Waals surface area contributed by atoms with Gasteiger partial charge < -0.3 is 14.5 Å². The van der Waals surface area contributed by atoms with Crippen LogP contribution < -0.4 is 9.64 Å². The largest absolute Gasteiger partial charge is 0.494 e. The Kier molecular flexibility index (Phi) is 6.02. The number of nitrogens with zero attached hydrogens (tertiary/aromatic N) is 1. The van der Waals surface area contributed by atoms with Crippen molar-refractivity contribution >= 4 is 12.0 Å². The van der Waals surface area contributed by atoms with Crippen LogP contribution in [-0.2, 0) is 11.3 Å². The van der Waals surface area contributed by atoms with Crippen LogP contribution in [0.5, 0.6) is 5.75 Å². The molecule has 2 aromatic rings. The number of hydrogen-bond donors (Lipinski definition) is 1. The maximum atomic E-state index is 13.7. The molecule has 0 aliphatic carbocycles. The molecule has 3 rings (SSSR count). The van der Waals surface area contributed by atoms with Crippen molar-refractivity contribution in [2.45, 2.75) is 6.54 Å². The lowest BCUT2D eigenvalue weighted by Crippen LogP contribution is -3.13. The molecule has 1 amide bonds. The molecule has 136 valence electrons. The fourth-order valence-electron chi connectivity index (χ4n) is 3.16. The van der Waals surface area contributed by atoms with Crippen molar-refractivity contribution in [1.82, 2.24) is 4.90 Å². The van der Waals surface area contributed by atoms with Gasteiger partial charge in [-0.15, -0.1) is 0 Å². The number of hydrogen-bond acceptors (Lipinski definition) is 2. The Bertz CT molecular complexity index is 769. The molecule has 2 aromatic carbocycles. The van der Waals surface area contributed by atoms with Gasteiger partial charge in [0.2, 0.25) is 5.91 Å². The summed E-state index contributed by atoms with van der Waals surface area (Å²) in [7, 11) is 1.43. The quantitative estimate of drug-likeness (QED) is 0.830. The first-order valence-corrected chi connectivity index (χ1v) is 8.84. The van der Waals surface area contributed by atoms with Crippen LogP contribution in [0.1, 0.15) is 11.1 Å². The molecule has 1 aliphatic heterocycles. The van der Waals surface area contributed by atoms with E-state index in [-0.39, 0.29) is 11.7 Å². The van der Waals surface area contributed by atoms with E-state index in [0.29, 0.717) is 5.56 Å². The smallest absolute Gasteiger partial charge is 0.246 e. The molecule has 0 aromatic heterocycles. The normalized spacial score (nSPS) is 15.4. The molecule has 1 N–H and O–H groups in total. The predicted octanol–water partition coefficient (Wildman–Crippen LogP) is 1.77. The second-order valence-corrected chi connectivity index (χ2v) is 6.46. The molecule has 0 atom stereocenters. The van der Waals surface area contributed by atoms with E-state index in [2.05, 4.69) is 24.3 Å². The van der Waals surface area contributed by atoms with Gasteiger partial charge in [0.05, 0.1) is 33.3 Å². The van der Waals surface area contributed by atoms with Crippen LogP contribution in [0.4, 0.5) is 4.39 Å². The Hall–Kier alpha value is -2.66. The van der Waals surface area contributed by atoms with E-state index < -0.39 is 5.82 Å². The lowest BCUT2D eigenvalue weighted by atomic mass is 10.2. The number of methoxy groups -OCH3 is 1. The lowest BCUT2D eigenvalue weighted by molar-refractivity contribution is -0.917. The maximum Gasteiger partial charge on any atom is 0.246 e. The number of nitrogens with one attached hydrogen (secondary N) is 1. The molecule has 1 saturated heterocycles. The van der Waals surface area contributed by atoms with Gasteiger partial charge in [0.15, 0.2) is 11.6 Å². The molecule has 0 bridgehead atoms. The molecular formula is C21H24FN2O2+. The predicted molar refractivity (Wildman–Crippen MR) is 99.4 cm³/mol. The number of benzene rings is 2. The van der Waals surface area contributed by atoms with Gasteiger partial charge >= 0.3 is 0 Å². The zero-order valence-corrected chi connectivity index (χ0v) is 15.0. The molecule has 0 spiro atoms. The van der Waals surface area contributed by atoms with Gasteiger partial charge in [0.25, 0.3) is 0 Å². The first kappa shape index (κ1) is 18.1. The average Bonchev–Trinajstić information content (AvgIpc) is 2.67. The van der Waals surface area contributed by atoms with Crippen LogP contribution in [0.3, 0.4) is 0 Å². The number of quaternary nitrogens is 1. The first-order valence-electron chi connectivity index (χ1n) is 8.84. The summed E-state index contributed by atoms with van der Waals surface area (Å²) in [5.41, 5.74) is 1.97. The highest BCUT2D eigenvalue weighted by Crippen LogP contribution is 2.18. The third kappa shape index (κ3) is 4.70. The Morgan fingerprint density at radius 2 is 1.92 bits per heavy atom. The Labute approximate surface area is 153 Å². The molecule has 0 radical (unpaired) electrons. The number of halogens is 1. The maximum absolute atomic E-state index is 13.7. The molecular weight excluding hydrogens is 331 g/mol. The van der Waals surface area contributed by atoms with Gasteiger partial charge in [-0.1, -0.05) is 36.4 Å². The summed E-state index contributed by atoms with van der Waals surface area (Å²) >= 11 is 0. The number of rotatable bonds is 5. The monoisotopic (exact) mass is 355 g/mol. The number of ether oxygens (including phenoxy) is 1. The third-order valence-electron chi connectivity index (χ3n) is 4.67. The second kappa shape index (κ2) is 8.63. The van der Waals surface area contributed by atoms with Crippen LogP contribution >= 0.6 is 0 Å². The SMILES string of the molecule is COc1ccc(/C=C/C(=O)N2CC[NH+](Cc3ccccc3)CC2)cc1F. The van der Waals surface area contributed by atoms with Gasteiger partial charge in [-0.3, -0.25) is 4.79 Å². The number of piperazine rings is 1. The van der Waals surface area contributed by atoms with Gasteiger partial charge in [0, 0.05) is 11.6 Å². The average molecular weight is 355 g/mol. The van der Waals surface area contributed by atoms with Crippen molar-refractivity contribution in [1.29, 1.82) is 0 Å². The van der Waals surface area contributed by atoms with Crippen molar-refractivity contribution < 1.29 is 18.8 Å². The molecule has 1 heterocycles. The summed E-state index contributed by atoms with van der Waals surface area (Å²) in [6.45, 7) is 4.34. The van der Waals surface area contributed by atoms with Crippen molar-refractivity contribution in [3.63, 3.8) is 0 Å². The topological polar surface area (TPSA) is 34.0 Å². The highest BCUT2D eigenvalue weighted by Gasteiger charge is 2.22. The second-order valence-electron chi connectivity index (χ2n) is 6.46. The summed E-state index contributed by atoms with van der Waals surface area (Å²) < 4.78 is 18.6. The van der Waals surface area contributed by atoms with Gasteiger partial charge in [0.1, 0.15) is 6.54 Å². The minimum Gasteiger partial charge on any atom is -0.494 e. The molecule has 5 heteroatoms. The summed E-state index contributed by atoms with van der Waals surface area (Å²) in [4.78, 5) is 15.7. The Morgan fingerprint density at radius 1 is 1.19 bits per heavy atom. The standard InChI is InChI=1S/C21H23FN2O2/c1-26-20-9-7-17(15-19(20)22)8-10-21(25)24-13-11-23(12-14-24)16-18-5-3-2-4-6-18/h2-10,15H,11-14,16H2,1H3/p+1/b10-8+. The fraction of sp³-hybridized carbons (Fsp3) is 0.286. The molecule has 4 nitrogen and oxygen atoms in total. The van der Waals surface area contributed by atoms with Crippen molar-refractivity contribution in [2.24, 2.45) is 0 Å². The van der Waals surface area contributed by atoms with E-state index >= 15 is 0 Å². The Morgan fingerprint density at radius 3 is 2.58 bits per heavy atom. The van der Waals surface area contributed by atoms with Crippen molar-refractivity contribution in [3.8, 4) is 5.75 Å². The number of amides is 1. The van der Waals surface area contributed by atoms with E-state index in [9.17, 15) is 9.18 Å². The van der Waals surface area contributed by atoms with Crippen LogP contribution in [0, 0.1) is 5.82 Å². The van der Waals surface area contributed by atoms with E-state index in [1.165, 1.54) is 29.7 Å². The number of carbonyl (C=O) groups excluding carboxylic acids is 1. The summed E-state index contributed by atoms with van der Waals surface area (Å²) in [5.74, 6) is -0.258. The molecule has 1 fully saturated rings. The summed E-state index contributed by atoms with van der Waals surface area (Å²) in [6, 6.07) is 15.1. The molecule has 0 saturated carbocycles. The minimum absolute atomic E-state index is 0.0278. The molecule has 1 aliphatic rings. The first-order chi connectivity index (χ1) is 12.7. The highest BCUT2D eigenvalue weighted by molar-refractivity contribution is 5.91. The fourth-order valence-corrected chi connectivity index (χ4v) is 3.16. The van der Waals surface area contributed by atoms with Crippen LogP contribution in [0.15, 0.2) is 54.6 Å². The van der Waals surface area contributed by atoms with Crippen LogP contribution in [0.2, 0.25) is 0 Å². The summed E-state index contributed by atoms with van der Waals surface area (Å²) in [6.07, 6.45) is 3.16. The highest BCUT2D eigenvalue weighted by atomic mass is 19.1.